The third-order valence-corrected chi connectivity index (χ3v) is 3.27. The van der Waals surface area contributed by atoms with E-state index in [0.717, 1.165) is 18.4 Å². The summed E-state index contributed by atoms with van der Waals surface area (Å²) in [6, 6.07) is 0.154. The molecule has 2 aromatic heterocycles. The van der Waals surface area contributed by atoms with E-state index in [-0.39, 0.29) is 11.7 Å². The van der Waals surface area contributed by atoms with Gasteiger partial charge in [-0.2, -0.15) is 5.10 Å². The summed E-state index contributed by atoms with van der Waals surface area (Å²) >= 11 is 0. The largest absolute Gasteiger partial charge is 0.461 e. The second kappa shape index (κ2) is 6.51. The third-order valence-electron chi connectivity index (χ3n) is 3.27. The van der Waals surface area contributed by atoms with Gasteiger partial charge in [0.15, 0.2) is 5.69 Å². The highest BCUT2D eigenvalue weighted by Gasteiger charge is 2.25. The number of hydrogen-bond acceptors (Lipinski definition) is 5. The molecule has 0 radical (unpaired) electrons. The van der Waals surface area contributed by atoms with Gasteiger partial charge in [-0.1, -0.05) is 18.6 Å². The molecule has 0 bridgehead atoms. The Labute approximate surface area is 123 Å². The van der Waals surface area contributed by atoms with E-state index in [0.29, 0.717) is 12.3 Å². The number of rotatable bonds is 6. The molecule has 0 spiro atoms. The van der Waals surface area contributed by atoms with Crippen molar-refractivity contribution in [1.29, 1.82) is 0 Å². The number of hydrogen-bond donors (Lipinski definition) is 0. The van der Waals surface area contributed by atoms with Gasteiger partial charge in [-0.15, -0.1) is 5.10 Å². The second-order valence-electron chi connectivity index (χ2n) is 4.99. The first-order valence-electron chi connectivity index (χ1n) is 7.19. The minimum Gasteiger partial charge on any atom is -0.461 e. The van der Waals surface area contributed by atoms with Crippen molar-refractivity contribution < 1.29 is 9.53 Å². The van der Waals surface area contributed by atoms with Crippen LogP contribution in [0.4, 0.5) is 0 Å². The molecule has 0 aliphatic rings. The van der Waals surface area contributed by atoms with Crippen LogP contribution < -0.4 is 0 Å². The van der Waals surface area contributed by atoms with Gasteiger partial charge in [-0.05, 0) is 20.3 Å². The van der Waals surface area contributed by atoms with E-state index in [4.69, 9.17) is 4.74 Å². The smallest absolute Gasteiger partial charge is 0.361 e. The Balaban J connectivity index is 2.49. The maximum absolute atomic E-state index is 12.1. The Morgan fingerprint density at radius 1 is 1.43 bits per heavy atom. The highest BCUT2D eigenvalue weighted by atomic mass is 16.5. The van der Waals surface area contributed by atoms with Gasteiger partial charge in [-0.25, -0.2) is 9.48 Å². The van der Waals surface area contributed by atoms with Crippen LogP contribution in [0.2, 0.25) is 0 Å². The fourth-order valence-electron chi connectivity index (χ4n) is 2.29. The van der Waals surface area contributed by atoms with E-state index < -0.39 is 5.97 Å². The highest BCUT2D eigenvalue weighted by molar-refractivity contribution is 5.93. The van der Waals surface area contributed by atoms with Crippen LogP contribution >= 0.6 is 0 Å². The van der Waals surface area contributed by atoms with Crippen molar-refractivity contribution >= 4 is 5.97 Å². The van der Waals surface area contributed by atoms with E-state index in [2.05, 4.69) is 29.3 Å². The van der Waals surface area contributed by atoms with Crippen molar-refractivity contribution in [2.45, 2.75) is 39.7 Å². The lowest BCUT2D eigenvalue weighted by Crippen LogP contribution is -2.11. The number of aromatic nitrogens is 5. The van der Waals surface area contributed by atoms with Gasteiger partial charge < -0.3 is 4.74 Å². The van der Waals surface area contributed by atoms with Gasteiger partial charge in [0, 0.05) is 18.8 Å². The molecule has 0 saturated carbocycles. The van der Waals surface area contributed by atoms with Crippen LogP contribution in [0, 0.1) is 0 Å². The molecular weight excluding hydrogens is 270 g/mol. The van der Waals surface area contributed by atoms with Crippen LogP contribution in [0.1, 0.15) is 50.1 Å². The lowest BCUT2D eigenvalue weighted by atomic mass is 10.1. The SMILES string of the molecule is CCCC(C)n1nnc(C(=O)OCC)c1-c1cnn(C)c1. The van der Waals surface area contributed by atoms with Crippen LogP contribution in [0.15, 0.2) is 12.4 Å². The maximum atomic E-state index is 12.1. The first kappa shape index (κ1) is 15.2. The fraction of sp³-hybridized carbons (Fsp3) is 0.571. The Morgan fingerprint density at radius 2 is 2.19 bits per heavy atom. The van der Waals surface area contributed by atoms with Crippen molar-refractivity contribution in [2.75, 3.05) is 6.61 Å². The van der Waals surface area contributed by atoms with Gasteiger partial charge in [-0.3, -0.25) is 4.68 Å². The van der Waals surface area contributed by atoms with Gasteiger partial charge in [0.2, 0.25) is 0 Å². The zero-order chi connectivity index (χ0) is 15.4. The van der Waals surface area contributed by atoms with Crippen LogP contribution in [0.25, 0.3) is 11.3 Å². The third kappa shape index (κ3) is 3.12. The highest BCUT2D eigenvalue weighted by Crippen LogP contribution is 2.26. The summed E-state index contributed by atoms with van der Waals surface area (Å²) < 4.78 is 8.54. The summed E-state index contributed by atoms with van der Waals surface area (Å²) in [6.45, 7) is 6.25. The lowest BCUT2D eigenvalue weighted by molar-refractivity contribution is 0.0520. The predicted molar refractivity (Wildman–Crippen MR) is 77.8 cm³/mol. The molecule has 0 N–H and O–H groups in total. The molecule has 0 aliphatic carbocycles. The Kier molecular flexibility index (Phi) is 4.72. The maximum Gasteiger partial charge on any atom is 0.361 e. The second-order valence-corrected chi connectivity index (χ2v) is 4.99. The molecule has 7 nitrogen and oxygen atoms in total. The summed E-state index contributed by atoms with van der Waals surface area (Å²) in [6.07, 6.45) is 5.54. The Bertz CT molecular complexity index is 617. The summed E-state index contributed by atoms with van der Waals surface area (Å²) in [4.78, 5) is 12.1. The molecule has 0 aromatic carbocycles. The molecule has 0 amide bonds. The molecule has 114 valence electrons. The van der Waals surface area contributed by atoms with E-state index in [1.807, 2.05) is 13.2 Å². The van der Waals surface area contributed by atoms with Crippen molar-refractivity contribution in [3.63, 3.8) is 0 Å². The lowest BCUT2D eigenvalue weighted by Gasteiger charge is -2.13. The molecule has 2 aromatic rings. The Morgan fingerprint density at radius 3 is 2.76 bits per heavy atom. The predicted octanol–water partition coefficient (Wildman–Crippen LogP) is 2.22. The normalized spacial score (nSPS) is 12.4. The number of aryl methyl sites for hydroxylation is 1. The van der Waals surface area contributed by atoms with Gasteiger partial charge in [0.1, 0.15) is 5.69 Å². The summed E-state index contributed by atoms with van der Waals surface area (Å²) in [5, 5.41) is 12.3. The van der Waals surface area contributed by atoms with Crippen LogP contribution in [-0.2, 0) is 11.8 Å². The van der Waals surface area contributed by atoms with Gasteiger partial charge in [0.05, 0.1) is 18.8 Å². The zero-order valence-electron chi connectivity index (χ0n) is 12.9. The minimum atomic E-state index is -0.452. The molecule has 1 unspecified atom stereocenters. The molecule has 1 atom stereocenters. The van der Waals surface area contributed by atoms with Crippen LogP contribution in [0.3, 0.4) is 0 Å². The van der Waals surface area contributed by atoms with Gasteiger partial charge in [0.25, 0.3) is 0 Å². The summed E-state index contributed by atoms with van der Waals surface area (Å²) in [5.74, 6) is -0.452. The minimum absolute atomic E-state index is 0.154. The molecule has 0 saturated heterocycles. The number of esters is 1. The van der Waals surface area contributed by atoms with Crippen molar-refractivity contribution in [3.05, 3.63) is 18.1 Å². The molecule has 0 aliphatic heterocycles. The standard InChI is InChI=1S/C14H21N5O2/c1-5-7-10(3)19-13(11-8-15-18(4)9-11)12(16-17-19)14(20)21-6-2/h8-10H,5-7H2,1-4H3. The first-order chi connectivity index (χ1) is 10.1. The number of nitrogens with zero attached hydrogens (tertiary/aromatic N) is 5. The monoisotopic (exact) mass is 291 g/mol. The summed E-state index contributed by atoms with van der Waals surface area (Å²) in [5.41, 5.74) is 1.73. The van der Waals surface area contributed by atoms with Crippen LogP contribution in [-0.4, -0.2) is 37.4 Å². The average Bonchev–Trinajstić information content (AvgIpc) is 3.04. The topological polar surface area (TPSA) is 74.8 Å². The number of carbonyl (C=O) groups excluding carboxylic acids is 1. The summed E-state index contributed by atoms with van der Waals surface area (Å²) in [7, 11) is 1.83. The molecule has 21 heavy (non-hydrogen) atoms. The number of carbonyl (C=O) groups is 1. The van der Waals surface area contributed by atoms with Crippen molar-refractivity contribution in [3.8, 4) is 11.3 Å². The van der Waals surface area contributed by atoms with Crippen LogP contribution in [0.5, 0.6) is 0 Å². The molecule has 2 rings (SSSR count). The molecule has 2 heterocycles. The van der Waals surface area contributed by atoms with E-state index in [9.17, 15) is 4.79 Å². The van der Waals surface area contributed by atoms with Crippen molar-refractivity contribution in [2.24, 2.45) is 7.05 Å². The van der Waals surface area contributed by atoms with E-state index in [1.165, 1.54) is 0 Å². The fourth-order valence-corrected chi connectivity index (χ4v) is 2.29. The molecule has 7 heteroatoms. The average molecular weight is 291 g/mol. The van der Waals surface area contributed by atoms with Gasteiger partial charge >= 0.3 is 5.97 Å². The van der Waals surface area contributed by atoms with E-state index >= 15 is 0 Å². The Hall–Kier alpha value is -2.18. The quantitative estimate of drug-likeness (QED) is 0.763. The van der Waals surface area contributed by atoms with Crippen molar-refractivity contribution in [1.82, 2.24) is 24.8 Å². The number of ether oxygens (including phenoxy) is 1. The zero-order valence-corrected chi connectivity index (χ0v) is 12.9. The molecular formula is C14H21N5O2. The molecule has 0 fully saturated rings. The van der Waals surface area contributed by atoms with E-state index in [1.54, 1.807) is 22.5 Å². The first-order valence-corrected chi connectivity index (χ1v) is 7.19.